The fourth-order valence-corrected chi connectivity index (χ4v) is 1.70. The first-order valence-corrected chi connectivity index (χ1v) is 5.51. The van der Waals surface area contributed by atoms with Crippen LogP contribution in [-0.4, -0.2) is 28.2 Å². The van der Waals surface area contributed by atoms with Crippen molar-refractivity contribution in [3.8, 4) is 5.88 Å². The van der Waals surface area contributed by atoms with Gasteiger partial charge >= 0.3 is 0 Å². The van der Waals surface area contributed by atoms with Crippen LogP contribution in [0, 0.1) is 0 Å². The zero-order valence-corrected chi connectivity index (χ0v) is 9.84. The minimum absolute atomic E-state index is 0.628. The highest BCUT2D eigenvalue weighted by Gasteiger charge is 2.03. The predicted octanol–water partition coefficient (Wildman–Crippen LogP) is 0.836. The number of ether oxygens (including phenoxy) is 1. The first-order chi connectivity index (χ1) is 8.33. The minimum atomic E-state index is 0.628. The van der Waals surface area contributed by atoms with Crippen molar-refractivity contribution in [1.82, 2.24) is 14.5 Å². The van der Waals surface area contributed by atoms with Crippen molar-refractivity contribution in [3.63, 3.8) is 0 Å². The normalized spacial score (nSPS) is 10.5. The van der Waals surface area contributed by atoms with E-state index in [1.54, 1.807) is 13.3 Å². The molecular weight excluding hydrogens is 216 g/mol. The number of hydrogen-bond donors (Lipinski definition) is 1. The fourth-order valence-electron chi connectivity index (χ4n) is 1.70. The molecule has 0 unspecified atom stereocenters. The van der Waals surface area contributed by atoms with Crippen LogP contribution in [0.25, 0.3) is 0 Å². The summed E-state index contributed by atoms with van der Waals surface area (Å²) in [5.74, 6) is 0.628. The lowest BCUT2D eigenvalue weighted by molar-refractivity contribution is 0.397. The summed E-state index contributed by atoms with van der Waals surface area (Å²) in [5.41, 5.74) is 7.83. The number of nitrogens with zero attached hydrogens (tertiary/aromatic N) is 3. The SMILES string of the molecule is COc1cc(Cn2cncc2CCN)ccn1. The number of rotatable bonds is 5. The Kier molecular flexibility index (Phi) is 3.72. The molecule has 0 bridgehead atoms. The van der Waals surface area contributed by atoms with Gasteiger partial charge in [-0.25, -0.2) is 9.97 Å². The van der Waals surface area contributed by atoms with E-state index in [4.69, 9.17) is 10.5 Å². The van der Waals surface area contributed by atoms with Crippen LogP contribution in [0.4, 0.5) is 0 Å². The maximum atomic E-state index is 5.56. The Labute approximate surface area is 100 Å². The maximum absolute atomic E-state index is 5.56. The van der Waals surface area contributed by atoms with Gasteiger partial charge in [-0.05, 0) is 18.2 Å². The van der Waals surface area contributed by atoms with Gasteiger partial charge in [0.25, 0.3) is 0 Å². The molecule has 0 radical (unpaired) electrons. The second kappa shape index (κ2) is 5.45. The van der Waals surface area contributed by atoms with Gasteiger partial charge in [0.05, 0.1) is 13.4 Å². The topological polar surface area (TPSA) is 66.0 Å². The molecule has 0 aliphatic carbocycles. The molecule has 0 amide bonds. The summed E-state index contributed by atoms with van der Waals surface area (Å²) in [7, 11) is 1.61. The number of imidazole rings is 1. The van der Waals surface area contributed by atoms with Gasteiger partial charge in [-0.15, -0.1) is 0 Å². The van der Waals surface area contributed by atoms with E-state index >= 15 is 0 Å². The van der Waals surface area contributed by atoms with Crippen LogP contribution >= 0.6 is 0 Å². The van der Waals surface area contributed by atoms with E-state index in [1.165, 1.54) is 0 Å². The summed E-state index contributed by atoms with van der Waals surface area (Å²) >= 11 is 0. The summed E-state index contributed by atoms with van der Waals surface area (Å²) in [5, 5.41) is 0. The van der Waals surface area contributed by atoms with Crippen LogP contribution in [0.5, 0.6) is 5.88 Å². The highest BCUT2D eigenvalue weighted by atomic mass is 16.5. The Bertz CT molecular complexity index is 481. The number of nitrogens with two attached hydrogens (primary N) is 1. The molecule has 0 fully saturated rings. The van der Waals surface area contributed by atoms with Crippen LogP contribution in [-0.2, 0) is 13.0 Å². The number of aromatic nitrogens is 3. The lowest BCUT2D eigenvalue weighted by atomic mass is 10.2. The average molecular weight is 232 g/mol. The van der Waals surface area contributed by atoms with Crippen molar-refractivity contribution in [3.05, 3.63) is 42.1 Å². The molecule has 0 aliphatic rings. The van der Waals surface area contributed by atoms with Crippen LogP contribution < -0.4 is 10.5 Å². The lowest BCUT2D eigenvalue weighted by Crippen LogP contribution is -2.09. The van der Waals surface area contributed by atoms with Crippen LogP contribution in [0.15, 0.2) is 30.9 Å². The quantitative estimate of drug-likeness (QED) is 0.829. The zero-order valence-electron chi connectivity index (χ0n) is 9.84. The summed E-state index contributed by atoms with van der Waals surface area (Å²) < 4.78 is 7.18. The first kappa shape index (κ1) is 11.6. The van der Waals surface area contributed by atoms with Gasteiger partial charge in [-0.1, -0.05) is 0 Å². The third-order valence-corrected chi connectivity index (χ3v) is 2.56. The van der Waals surface area contributed by atoms with Gasteiger partial charge < -0.3 is 15.0 Å². The molecule has 2 aromatic rings. The van der Waals surface area contributed by atoms with E-state index < -0.39 is 0 Å². The Morgan fingerprint density at radius 3 is 3.12 bits per heavy atom. The van der Waals surface area contributed by atoms with Gasteiger partial charge in [0.15, 0.2) is 0 Å². The molecule has 17 heavy (non-hydrogen) atoms. The third-order valence-electron chi connectivity index (χ3n) is 2.56. The smallest absolute Gasteiger partial charge is 0.213 e. The molecule has 2 rings (SSSR count). The highest BCUT2D eigenvalue weighted by Crippen LogP contribution is 2.11. The second-order valence-electron chi connectivity index (χ2n) is 3.76. The van der Waals surface area contributed by atoms with E-state index in [0.29, 0.717) is 12.4 Å². The molecule has 5 heteroatoms. The van der Waals surface area contributed by atoms with Gasteiger partial charge in [-0.3, -0.25) is 0 Å². The molecule has 0 aliphatic heterocycles. The molecule has 90 valence electrons. The van der Waals surface area contributed by atoms with Gasteiger partial charge in [0, 0.05) is 37.1 Å². The average Bonchev–Trinajstić information content (AvgIpc) is 2.78. The Morgan fingerprint density at radius 1 is 1.47 bits per heavy atom. The molecule has 2 heterocycles. The summed E-state index contributed by atoms with van der Waals surface area (Å²) in [4.78, 5) is 8.22. The zero-order chi connectivity index (χ0) is 12.1. The van der Waals surface area contributed by atoms with E-state index in [2.05, 4.69) is 14.5 Å². The second-order valence-corrected chi connectivity index (χ2v) is 3.76. The fraction of sp³-hybridized carbons (Fsp3) is 0.333. The lowest BCUT2D eigenvalue weighted by Gasteiger charge is -2.08. The summed E-state index contributed by atoms with van der Waals surface area (Å²) in [6.45, 7) is 1.39. The third kappa shape index (κ3) is 2.82. The molecule has 5 nitrogen and oxygen atoms in total. The summed E-state index contributed by atoms with van der Waals surface area (Å²) in [6.07, 6.45) is 6.25. The first-order valence-electron chi connectivity index (χ1n) is 5.51. The van der Waals surface area contributed by atoms with Crippen LogP contribution in [0.2, 0.25) is 0 Å². The summed E-state index contributed by atoms with van der Waals surface area (Å²) in [6, 6.07) is 3.89. The van der Waals surface area contributed by atoms with Crippen molar-refractivity contribution in [2.75, 3.05) is 13.7 Å². The molecule has 0 aromatic carbocycles. The molecule has 0 atom stereocenters. The molecular formula is C12H16N4O. The molecule has 0 spiro atoms. The van der Waals surface area contributed by atoms with Crippen LogP contribution in [0.1, 0.15) is 11.3 Å². The van der Waals surface area contributed by atoms with Gasteiger partial charge in [0.2, 0.25) is 5.88 Å². The Hall–Kier alpha value is -1.88. The van der Waals surface area contributed by atoms with Crippen molar-refractivity contribution >= 4 is 0 Å². The van der Waals surface area contributed by atoms with E-state index in [0.717, 1.165) is 24.2 Å². The van der Waals surface area contributed by atoms with Crippen molar-refractivity contribution < 1.29 is 4.74 Å². The number of hydrogen-bond acceptors (Lipinski definition) is 4. The van der Waals surface area contributed by atoms with E-state index in [-0.39, 0.29) is 0 Å². The van der Waals surface area contributed by atoms with Crippen molar-refractivity contribution in [1.29, 1.82) is 0 Å². The maximum Gasteiger partial charge on any atom is 0.213 e. The van der Waals surface area contributed by atoms with E-state index in [9.17, 15) is 0 Å². The number of pyridine rings is 1. The predicted molar refractivity (Wildman–Crippen MR) is 64.9 cm³/mol. The molecule has 2 aromatic heterocycles. The minimum Gasteiger partial charge on any atom is -0.481 e. The molecule has 0 saturated carbocycles. The van der Waals surface area contributed by atoms with E-state index in [1.807, 2.05) is 24.7 Å². The largest absolute Gasteiger partial charge is 0.481 e. The van der Waals surface area contributed by atoms with Crippen molar-refractivity contribution in [2.24, 2.45) is 5.73 Å². The highest BCUT2D eigenvalue weighted by molar-refractivity contribution is 5.21. The Morgan fingerprint density at radius 2 is 2.35 bits per heavy atom. The standard InChI is InChI=1S/C12H16N4O/c1-17-12-6-10(3-5-15-12)8-16-9-14-7-11(16)2-4-13/h3,5-7,9H,2,4,8,13H2,1H3. The molecule has 2 N–H and O–H groups in total. The monoisotopic (exact) mass is 232 g/mol. The van der Waals surface area contributed by atoms with Gasteiger partial charge in [0.1, 0.15) is 0 Å². The molecule has 0 saturated heterocycles. The number of methoxy groups -OCH3 is 1. The van der Waals surface area contributed by atoms with Crippen LogP contribution in [0.3, 0.4) is 0 Å². The Balaban J connectivity index is 2.16. The van der Waals surface area contributed by atoms with Gasteiger partial charge in [-0.2, -0.15) is 0 Å². The van der Waals surface area contributed by atoms with Crippen molar-refractivity contribution in [2.45, 2.75) is 13.0 Å².